The predicted octanol–water partition coefficient (Wildman–Crippen LogP) is 1.77. The molecule has 0 aliphatic rings. The van der Waals surface area contributed by atoms with E-state index in [0.717, 1.165) is 6.92 Å². The molecule has 0 heterocycles. The van der Waals surface area contributed by atoms with Gasteiger partial charge in [0.1, 0.15) is 13.2 Å². The molecule has 0 fully saturated rings. The van der Waals surface area contributed by atoms with Gasteiger partial charge in [0.05, 0.1) is 5.92 Å². The summed E-state index contributed by atoms with van der Waals surface area (Å²) in [4.78, 5) is 35.1. The van der Waals surface area contributed by atoms with E-state index in [1.54, 1.807) is 44.2 Å². The zero-order valence-electron chi connectivity index (χ0n) is 14.6. The Morgan fingerprint density at radius 2 is 1.72 bits per heavy atom. The Kier molecular flexibility index (Phi) is 7.57. The number of hydrogen-bond donors (Lipinski definition) is 2. The average Bonchev–Trinajstić information content (AvgIpc) is 2.55. The first-order valence-electron chi connectivity index (χ1n) is 7.96. The Morgan fingerprint density at radius 3 is 2.20 bits per heavy atom. The van der Waals surface area contributed by atoms with Crippen LogP contribution in [0, 0.1) is 11.8 Å². The third-order valence-corrected chi connectivity index (χ3v) is 3.64. The maximum atomic E-state index is 12.5. The number of hydrogen-bond acceptors (Lipinski definition) is 6. The Bertz CT molecular complexity index is 597. The van der Waals surface area contributed by atoms with Crippen molar-refractivity contribution in [2.45, 2.75) is 39.4 Å². The van der Waals surface area contributed by atoms with Gasteiger partial charge in [-0.3, -0.25) is 9.59 Å². The van der Waals surface area contributed by atoms with E-state index in [0.29, 0.717) is 5.56 Å². The lowest BCUT2D eigenvalue weighted by atomic mass is 9.82. The number of carbonyl (C=O) groups excluding carboxylic acids is 2. The molecular weight excluding hydrogens is 328 g/mol. The second-order valence-electron chi connectivity index (χ2n) is 6.29. The first-order chi connectivity index (χ1) is 11.7. The summed E-state index contributed by atoms with van der Waals surface area (Å²) >= 11 is 0. The van der Waals surface area contributed by atoms with Crippen LogP contribution >= 0.6 is 0 Å². The summed E-state index contributed by atoms with van der Waals surface area (Å²) in [6.07, 6.45) is 0.0214. The van der Waals surface area contributed by atoms with E-state index in [-0.39, 0.29) is 18.9 Å². The zero-order chi connectivity index (χ0) is 19.0. The molecule has 0 aliphatic carbocycles. The van der Waals surface area contributed by atoms with Gasteiger partial charge in [-0.1, -0.05) is 44.2 Å². The summed E-state index contributed by atoms with van der Waals surface area (Å²) in [5.41, 5.74) is -1.78. The van der Waals surface area contributed by atoms with Gasteiger partial charge >= 0.3 is 17.9 Å². The molecule has 7 nitrogen and oxygen atoms in total. The minimum atomic E-state index is -2.46. The molecule has 1 aromatic carbocycles. The van der Waals surface area contributed by atoms with Crippen molar-refractivity contribution in [1.29, 1.82) is 0 Å². The fourth-order valence-corrected chi connectivity index (χ4v) is 2.33. The largest absolute Gasteiger partial charge is 0.481 e. The summed E-state index contributed by atoms with van der Waals surface area (Å²) in [7, 11) is 0. The SMILES string of the molecule is CC(=O)OC[C@](O)(C(=O)OCc1ccccc1)[C@@H](CC(C)C)C(=O)O. The van der Waals surface area contributed by atoms with Gasteiger partial charge in [0.2, 0.25) is 5.60 Å². The first-order valence-corrected chi connectivity index (χ1v) is 7.96. The quantitative estimate of drug-likeness (QED) is 0.652. The lowest BCUT2D eigenvalue weighted by Crippen LogP contribution is -2.54. The van der Waals surface area contributed by atoms with E-state index in [1.165, 1.54) is 0 Å². The number of ether oxygens (including phenoxy) is 2. The molecule has 0 spiro atoms. The standard InChI is InChI=1S/C18H24O7/c1-12(2)9-15(16(20)21)18(23,11-25-13(3)19)17(22)24-10-14-7-5-4-6-8-14/h4-8,12,15,23H,9-11H2,1-3H3,(H,20,21)/t15-,18+/m0/s1. The highest BCUT2D eigenvalue weighted by atomic mass is 16.6. The molecule has 0 amide bonds. The molecule has 2 N–H and O–H groups in total. The van der Waals surface area contributed by atoms with E-state index in [4.69, 9.17) is 9.47 Å². The molecule has 0 saturated heterocycles. The van der Waals surface area contributed by atoms with Crippen molar-refractivity contribution in [3.63, 3.8) is 0 Å². The van der Waals surface area contributed by atoms with Gasteiger partial charge in [-0.2, -0.15) is 0 Å². The number of aliphatic hydroxyl groups is 1. The van der Waals surface area contributed by atoms with Crippen LogP contribution < -0.4 is 0 Å². The van der Waals surface area contributed by atoms with Crippen molar-refractivity contribution in [2.24, 2.45) is 11.8 Å². The van der Waals surface area contributed by atoms with Gasteiger partial charge in [-0.25, -0.2) is 4.79 Å². The maximum absolute atomic E-state index is 12.5. The summed E-state index contributed by atoms with van der Waals surface area (Å²) in [5.74, 6) is -4.80. The summed E-state index contributed by atoms with van der Waals surface area (Å²) < 4.78 is 9.83. The smallest absolute Gasteiger partial charge is 0.343 e. The third kappa shape index (κ3) is 6.19. The highest BCUT2D eigenvalue weighted by Crippen LogP contribution is 2.28. The molecule has 0 bridgehead atoms. The Morgan fingerprint density at radius 1 is 1.12 bits per heavy atom. The van der Waals surface area contributed by atoms with E-state index in [1.807, 2.05) is 0 Å². The number of aliphatic carboxylic acids is 1. The number of rotatable bonds is 9. The highest BCUT2D eigenvalue weighted by Gasteiger charge is 2.50. The molecule has 138 valence electrons. The number of carboxylic acid groups (broad SMARTS) is 1. The van der Waals surface area contributed by atoms with Crippen LogP contribution in [0.2, 0.25) is 0 Å². The van der Waals surface area contributed by atoms with Crippen molar-refractivity contribution in [1.82, 2.24) is 0 Å². The van der Waals surface area contributed by atoms with Gasteiger partial charge in [-0.15, -0.1) is 0 Å². The number of benzene rings is 1. The number of carbonyl (C=O) groups is 3. The maximum Gasteiger partial charge on any atom is 0.343 e. The molecule has 2 atom stereocenters. The fourth-order valence-electron chi connectivity index (χ4n) is 2.33. The zero-order valence-corrected chi connectivity index (χ0v) is 14.6. The van der Waals surface area contributed by atoms with Crippen LogP contribution in [0.25, 0.3) is 0 Å². The third-order valence-electron chi connectivity index (χ3n) is 3.64. The summed E-state index contributed by atoms with van der Waals surface area (Å²) in [6, 6.07) is 8.76. The summed E-state index contributed by atoms with van der Waals surface area (Å²) in [5, 5.41) is 20.2. The normalized spacial score (nSPS) is 14.4. The summed E-state index contributed by atoms with van der Waals surface area (Å²) in [6.45, 7) is 3.72. The number of esters is 2. The fraction of sp³-hybridized carbons (Fsp3) is 0.500. The lowest BCUT2D eigenvalue weighted by Gasteiger charge is -2.31. The highest BCUT2D eigenvalue weighted by molar-refractivity contribution is 5.87. The molecule has 0 unspecified atom stereocenters. The van der Waals surface area contributed by atoms with Crippen molar-refractivity contribution < 1.29 is 34.1 Å². The average molecular weight is 352 g/mol. The molecular formula is C18H24O7. The molecule has 0 radical (unpaired) electrons. The Hall–Kier alpha value is -2.41. The monoisotopic (exact) mass is 352 g/mol. The topological polar surface area (TPSA) is 110 Å². The van der Waals surface area contributed by atoms with Crippen LogP contribution in [0.15, 0.2) is 30.3 Å². The van der Waals surface area contributed by atoms with Crippen LogP contribution in [0.3, 0.4) is 0 Å². The second-order valence-corrected chi connectivity index (χ2v) is 6.29. The van der Waals surface area contributed by atoms with E-state index in [9.17, 15) is 24.6 Å². The van der Waals surface area contributed by atoms with Gasteiger partial charge in [0.15, 0.2) is 0 Å². The van der Waals surface area contributed by atoms with Crippen LogP contribution in [-0.4, -0.2) is 40.3 Å². The van der Waals surface area contributed by atoms with E-state index in [2.05, 4.69) is 0 Å². The van der Waals surface area contributed by atoms with Crippen molar-refractivity contribution in [3.05, 3.63) is 35.9 Å². The predicted molar refractivity (Wildman–Crippen MR) is 88.4 cm³/mol. The van der Waals surface area contributed by atoms with Crippen LogP contribution in [-0.2, 0) is 30.5 Å². The van der Waals surface area contributed by atoms with Gasteiger partial charge < -0.3 is 19.7 Å². The van der Waals surface area contributed by atoms with Gasteiger partial charge in [0, 0.05) is 6.92 Å². The van der Waals surface area contributed by atoms with Crippen LogP contribution in [0.4, 0.5) is 0 Å². The van der Waals surface area contributed by atoms with Gasteiger partial charge in [-0.05, 0) is 17.9 Å². The van der Waals surface area contributed by atoms with Crippen molar-refractivity contribution in [2.75, 3.05) is 6.61 Å². The minimum Gasteiger partial charge on any atom is -0.481 e. The molecule has 1 rings (SSSR count). The first kappa shape index (κ1) is 20.6. The molecule has 1 aromatic rings. The van der Waals surface area contributed by atoms with Crippen molar-refractivity contribution >= 4 is 17.9 Å². The molecule has 25 heavy (non-hydrogen) atoms. The van der Waals surface area contributed by atoms with Crippen molar-refractivity contribution in [3.8, 4) is 0 Å². The van der Waals surface area contributed by atoms with Crippen LogP contribution in [0.5, 0.6) is 0 Å². The minimum absolute atomic E-state index is 0.0214. The molecule has 0 aromatic heterocycles. The molecule has 7 heteroatoms. The van der Waals surface area contributed by atoms with Gasteiger partial charge in [0.25, 0.3) is 0 Å². The number of carboxylic acids is 1. The molecule has 0 saturated carbocycles. The Labute approximate surface area is 146 Å². The Balaban J connectivity index is 3.00. The molecule has 0 aliphatic heterocycles. The van der Waals surface area contributed by atoms with E-state index < -0.39 is 36.0 Å². The lowest BCUT2D eigenvalue weighted by molar-refractivity contribution is -0.191. The van der Waals surface area contributed by atoms with Crippen LogP contribution in [0.1, 0.15) is 32.8 Å². The van der Waals surface area contributed by atoms with E-state index >= 15 is 0 Å². The second kappa shape index (κ2) is 9.17.